The van der Waals surface area contributed by atoms with Gasteiger partial charge in [0.15, 0.2) is 0 Å². The van der Waals surface area contributed by atoms with E-state index >= 15 is 0 Å². The summed E-state index contributed by atoms with van der Waals surface area (Å²) in [6.45, 7) is 0. The van der Waals surface area contributed by atoms with Crippen molar-refractivity contribution in [2.45, 2.75) is 11.1 Å². The number of aromatic nitrogens is 3. The van der Waals surface area contributed by atoms with Crippen LogP contribution >= 0.6 is 0 Å². The van der Waals surface area contributed by atoms with Gasteiger partial charge in [-0.3, -0.25) is 4.72 Å². The molecular formula is C17H16F3N5O2S. The summed E-state index contributed by atoms with van der Waals surface area (Å²) < 4.78 is 67.3. The van der Waals surface area contributed by atoms with E-state index in [9.17, 15) is 21.6 Å². The van der Waals surface area contributed by atoms with Crippen molar-refractivity contribution in [3.63, 3.8) is 0 Å². The Labute approximate surface area is 159 Å². The van der Waals surface area contributed by atoms with Crippen molar-refractivity contribution in [3.05, 3.63) is 60.4 Å². The molecule has 0 aliphatic carbocycles. The second-order valence-electron chi connectivity index (χ2n) is 6.06. The minimum atomic E-state index is -4.64. The van der Waals surface area contributed by atoms with Gasteiger partial charge in [-0.25, -0.2) is 13.1 Å². The molecule has 0 aliphatic rings. The zero-order valence-electron chi connectivity index (χ0n) is 14.8. The molecule has 0 bridgehead atoms. The van der Waals surface area contributed by atoms with Crippen LogP contribution in [0.5, 0.6) is 0 Å². The molecule has 0 saturated heterocycles. The first kappa shape index (κ1) is 19.7. The Morgan fingerprint density at radius 2 is 1.79 bits per heavy atom. The highest BCUT2D eigenvalue weighted by atomic mass is 32.2. The number of nitrogens with one attached hydrogen (secondary N) is 1. The smallest absolute Gasteiger partial charge is 0.346 e. The number of benzene rings is 2. The summed E-state index contributed by atoms with van der Waals surface area (Å²) in [7, 11) is -0.653. The molecule has 0 fully saturated rings. The SMILES string of the molecule is CN(C)c1ncn(-c2cccc(NS(=O)(=O)c3cccc(C(F)(F)F)c3)c2)n1. The first-order valence-corrected chi connectivity index (χ1v) is 9.44. The molecule has 3 rings (SSSR count). The Balaban J connectivity index is 1.89. The topological polar surface area (TPSA) is 80.1 Å². The number of alkyl halides is 3. The van der Waals surface area contributed by atoms with Crippen LogP contribution in [0, 0.1) is 0 Å². The lowest BCUT2D eigenvalue weighted by Crippen LogP contribution is -2.15. The van der Waals surface area contributed by atoms with Gasteiger partial charge in [-0.2, -0.15) is 18.2 Å². The van der Waals surface area contributed by atoms with E-state index in [2.05, 4.69) is 14.8 Å². The van der Waals surface area contributed by atoms with Gasteiger partial charge in [-0.15, -0.1) is 5.10 Å². The molecule has 7 nitrogen and oxygen atoms in total. The fourth-order valence-corrected chi connectivity index (χ4v) is 3.44. The van der Waals surface area contributed by atoms with E-state index < -0.39 is 26.7 Å². The molecule has 11 heteroatoms. The van der Waals surface area contributed by atoms with Gasteiger partial charge < -0.3 is 4.90 Å². The molecule has 28 heavy (non-hydrogen) atoms. The fraction of sp³-hybridized carbons (Fsp3) is 0.176. The van der Waals surface area contributed by atoms with Crippen molar-refractivity contribution in [2.75, 3.05) is 23.7 Å². The van der Waals surface area contributed by atoms with E-state index in [1.807, 2.05) is 0 Å². The van der Waals surface area contributed by atoms with Gasteiger partial charge in [0.05, 0.1) is 21.8 Å². The van der Waals surface area contributed by atoms with E-state index in [1.165, 1.54) is 23.1 Å². The largest absolute Gasteiger partial charge is 0.416 e. The van der Waals surface area contributed by atoms with Crippen molar-refractivity contribution < 1.29 is 21.6 Å². The summed E-state index contributed by atoms with van der Waals surface area (Å²) in [4.78, 5) is 5.33. The van der Waals surface area contributed by atoms with Crippen LogP contribution in [0.4, 0.5) is 24.8 Å². The van der Waals surface area contributed by atoms with E-state index in [0.29, 0.717) is 17.7 Å². The Hall–Kier alpha value is -3.08. The van der Waals surface area contributed by atoms with Crippen LogP contribution in [-0.2, 0) is 16.2 Å². The van der Waals surface area contributed by atoms with Gasteiger partial charge >= 0.3 is 6.18 Å². The Morgan fingerprint density at radius 1 is 1.07 bits per heavy atom. The van der Waals surface area contributed by atoms with E-state index in [0.717, 1.165) is 18.2 Å². The maximum Gasteiger partial charge on any atom is 0.416 e. The number of anilines is 2. The van der Waals surface area contributed by atoms with Crippen molar-refractivity contribution >= 4 is 21.7 Å². The summed E-state index contributed by atoms with van der Waals surface area (Å²) in [5.74, 6) is 0.468. The lowest BCUT2D eigenvalue weighted by molar-refractivity contribution is -0.137. The molecular weight excluding hydrogens is 395 g/mol. The Kier molecular flexibility index (Phi) is 5.02. The molecule has 1 heterocycles. The average molecular weight is 411 g/mol. The predicted molar refractivity (Wildman–Crippen MR) is 97.9 cm³/mol. The fourth-order valence-electron chi connectivity index (χ4n) is 2.35. The molecule has 0 saturated carbocycles. The van der Waals surface area contributed by atoms with Crippen LogP contribution in [0.25, 0.3) is 5.69 Å². The highest BCUT2D eigenvalue weighted by Crippen LogP contribution is 2.31. The quantitative estimate of drug-likeness (QED) is 0.698. The second-order valence-corrected chi connectivity index (χ2v) is 7.75. The van der Waals surface area contributed by atoms with Gasteiger partial charge in [-0.1, -0.05) is 12.1 Å². The lowest BCUT2D eigenvalue weighted by atomic mass is 10.2. The molecule has 1 N–H and O–H groups in total. The van der Waals surface area contributed by atoms with Gasteiger partial charge in [0, 0.05) is 14.1 Å². The summed E-state index contributed by atoms with van der Waals surface area (Å²) in [6.07, 6.45) is -3.17. The Bertz CT molecular complexity index is 1090. The van der Waals surface area contributed by atoms with Crippen molar-refractivity contribution in [1.29, 1.82) is 0 Å². The van der Waals surface area contributed by atoms with Crippen molar-refractivity contribution in [2.24, 2.45) is 0 Å². The van der Waals surface area contributed by atoms with Crippen molar-refractivity contribution in [3.8, 4) is 5.69 Å². The third kappa shape index (κ3) is 4.25. The summed E-state index contributed by atoms with van der Waals surface area (Å²) in [5.41, 5.74) is -0.329. The van der Waals surface area contributed by atoms with Gasteiger partial charge in [-0.05, 0) is 36.4 Å². The first-order chi connectivity index (χ1) is 13.1. The van der Waals surface area contributed by atoms with Crippen LogP contribution < -0.4 is 9.62 Å². The van der Waals surface area contributed by atoms with E-state index in [4.69, 9.17) is 0 Å². The molecule has 1 aromatic heterocycles. The van der Waals surface area contributed by atoms with Gasteiger partial charge in [0.2, 0.25) is 5.95 Å². The van der Waals surface area contributed by atoms with Gasteiger partial charge in [0.25, 0.3) is 10.0 Å². The lowest BCUT2D eigenvalue weighted by Gasteiger charge is -2.12. The zero-order chi connectivity index (χ0) is 20.5. The van der Waals surface area contributed by atoms with Crippen LogP contribution in [0.1, 0.15) is 5.56 Å². The number of sulfonamides is 1. The van der Waals surface area contributed by atoms with Crippen LogP contribution in [0.2, 0.25) is 0 Å². The summed E-state index contributed by atoms with van der Waals surface area (Å²) in [5, 5.41) is 4.24. The minimum Gasteiger partial charge on any atom is -0.346 e. The highest BCUT2D eigenvalue weighted by Gasteiger charge is 2.31. The first-order valence-electron chi connectivity index (χ1n) is 7.96. The molecule has 2 aromatic carbocycles. The number of rotatable bonds is 5. The monoisotopic (exact) mass is 411 g/mol. The molecule has 0 radical (unpaired) electrons. The summed E-state index contributed by atoms with van der Waals surface area (Å²) in [6, 6.07) is 9.82. The third-order valence-electron chi connectivity index (χ3n) is 3.71. The van der Waals surface area contributed by atoms with Gasteiger partial charge in [0.1, 0.15) is 6.33 Å². The van der Waals surface area contributed by atoms with E-state index in [-0.39, 0.29) is 5.69 Å². The molecule has 3 aromatic rings. The van der Waals surface area contributed by atoms with Crippen LogP contribution in [-0.4, -0.2) is 37.3 Å². The van der Waals surface area contributed by atoms with E-state index in [1.54, 1.807) is 31.1 Å². The van der Waals surface area contributed by atoms with Crippen molar-refractivity contribution in [1.82, 2.24) is 14.8 Å². The maximum absolute atomic E-state index is 12.8. The number of halogens is 3. The predicted octanol–water partition coefficient (Wildman–Crippen LogP) is 3.15. The Morgan fingerprint density at radius 3 is 2.43 bits per heavy atom. The number of hydrogen-bond acceptors (Lipinski definition) is 5. The zero-order valence-corrected chi connectivity index (χ0v) is 15.7. The van der Waals surface area contributed by atoms with Crippen LogP contribution in [0.3, 0.4) is 0 Å². The summed E-state index contributed by atoms with van der Waals surface area (Å²) >= 11 is 0. The molecule has 0 spiro atoms. The molecule has 0 unspecified atom stereocenters. The average Bonchev–Trinajstić information content (AvgIpc) is 3.11. The molecule has 0 aliphatic heterocycles. The molecule has 0 atom stereocenters. The number of nitrogens with zero attached hydrogens (tertiary/aromatic N) is 4. The standard InChI is InChI=1S/C17H16F3N5O2S/c1-24(2)16-21-11-25(22-16)14-7-4-6-13(10-14)23-28(26,27)15-8-3-5-12(9-15)17(18,19)20/h3-11,23H,1-2H3. The highest BCUT2D eigenvalue weighted by molar-refractivity contribution is 7.92. The second kappa shape index (κ2) is 7.15. The van der Waals surface area contributed by atoms with Crippen LogP contribution in [0.15, 0.2) is 59.8 Å². The number of hydrogen-bond donors (Lipinski definition) is 1. The third-order valence-corrected chi connectivity index (χ3v) is 5.09. The maximum atomic E-state index is 12.8. The normalized spacial score (nSPS) is 12.0. The molecule has 0 amide bonds. The minimum absolute atomic E-state index is 0.178. The molecule has 148 valence electrons.